The van der Waals surface area contributed by atoms with Crippen LogP contribution in [0.3, 0.4) is 0 Å². The summed E-state index contributed by atoms with van der Waals surface area (Å²) in [5, 5.41) is 22.5. The van der Waals surface area contributed by atoms with Crippen LogP contribution in [0.5, 0.6) is 0 Å². The molecule has 4 unspecified atom stereocenters. The Balaban J connectivity index is 2.05. The maximum absolute atomic E-state index is 9.84. The van der Waals surface area contributed by atoms with Crippen molar-refractivity contribution < 1.29 is 14.9 Å². The summed E-state index contributed by atoms with van der Waals surface area (Å²) in [5.74, 6) is 0.611. The average Bonchev–Trinajstić information content (AvgIpc) is 2.38. The fourth-order valence-corrected chi connectivity index (χ4v) is 2.68. The van der Waals surface area contributed by atoms with Crippen molar-refractivity contribution in [3.05, 3.63) is 0 Å². The number of hydrogen-bond acceptors (Lipinski definition) is 4. The molecule has 3 N–H and O–H groups in total. The van der Waals surface area contributed by atoms with Gasteiger partial charge in [-0.1, -0.05) is 33.1 Å². The predicted octanol–water partition coefficient (Wildman–Crippen LogP) is 1.69. The van der Waals surface area contributed by atoms with Crippen molar-refractivity contribution in [1.82, 2.24) is 5.32 Å². The predicted molar refractivity (Wildman–Crippen MR) is 77.2 cm³/mol. The lowest BCUT2D eigenvalue weighted by Crippen LogP contribution is -2.37. The van der Waals surface area contributed by atoms with Gasteiger partial charge in [0.1, 0.15) is 0 Å². The molecule has 4 nitrogen and oxygen atoms in total. The second kappa shape index (κ2) is 9.70. The van der Waals surface area contributed by atoms with E-state index in [4.69, 9.17) is 4.74 Å². The minimum atomic E-state index is -0.483. The van der Waals surface area contributed by atoms with Crippen LogP contribution in [0.4, 0.5) is 0 Å². The Kier molecular flexibility index (Phi) is 8.62. The van der Waals surface area contributed by atoms with Crippen LogP contribution in [-0.2, 0) is 4.74 Å². The average molecular weight is 273 g/mol. The third kappa shape index (κ3) is 7.25. The molecule has 1 aliphatic carbocycles. The Morgan fingerprint density at radius 2 is 1.84 bits per heavy atom. The topological polar surface area (TPSA) is 61.7 Å². The van der Waals surface area contributed by atoms with E-state index in [0.717, 1.165) is 19.3 Å². The zero-order chi connectivity index (χ0) is 14.1. The molecule has 1 saturated carbocycles. The Hall–Kier alpha value is -0.160. The van der Waals surface area contributed by atoms with Gasteiger partial charge in [0.25, 0.3) is 0 Å². The van der Waals surface area contributed by atoms with Crippen molar-refractivity contribution >= 4 is 0 Å². The zero-order valence-corrected chi connectivity index (χ0v) is 12.5. The molecule has 0 bridgehead atoms. The number of rotatable bonds is 9. The van der Waals surface area contributed by atoms with Crippen LogP contribution in [0.1, 0.15) is 52.4 Å². The van der Waals surface area contributed by atoms with Crippen molar-refractivity contribution in [3.63, 3.8) is 0 Å². The van der Waals surface area contributed by atoms with Gasteiger partial charge >= 0.3 is 0 Å². The van der Waals surface area contributed by atoms with Crippen LogP contribution < -0.4 is 5.32 Å². The van der Waals surface area contributed by atoms with E-state index >= 15 is 0 Å². The number of hydrogen-bond donors (Lipinski definition) is 3. The highest BCUT2D eigenvalue weighted by atomic mass is 16.5. The van der Waals surface area contributed by atoms with E-state index in [9.17, 15) is 10.2 Å². The van der Waals surface area contributed by atoms with Crippen molar-refractivity contribution in [2.24, 2.45) is 5.92 Å². The lowest BCUT2D eigenvalue weighted by Gasteiger charge is -2.29. The first-order valence-corrected chi connectivity index (χ1v) is 7.82. The molecular weight excluding hydrogens is 242 g/mol. The highest BCUT2D eigenvalue weighted by Crippen LogP contribution is 2.26. The summed E-state index contributed by atoms with van der Waals surface area (Å²) in [6, 6.07) is 0. The lowest BCUT2D eigenvalue weighted by atomic mass is 9.88. The molecule has 19 heavy (non-hydrogen) atoms. The summed E-state index contributed by atoms with van der Waals surface area (Å²) in [6.07, 6.45) is 6.22. The number of aliphatic hydroxyl groups is 2. The molecule has 0 aliphatic heterocycles. The fraction of sp³-hybridized carbons (Fsp3) is 1.00. The summed E-state index contributed by atoms with van der Waals surface area (Å²) >= 11 is 0. The number of aliphatic hydroxyl groups excluding tert-OH is 2. The van der Waals surface area contributed by atoms with Gasteiger partial charge in [-0.15, -0.1) is 0 Å². The van der Waals surface area contributed by atoms with E-state index in [2.05, 4.69) is 19.2 Å². The Morgan fingerprint density at radius 3 is 2.53 bits per heavy atom. The minimum Gasteiger partial charge on any atom is -0.392 e. The summed E-state index contributed by atoms with van der Waals surface area (Å²) in [4.78, 5) is 0. The normalized spacial score (nSPS) is 27.2. The zero-order valence-electron chi connectivity index (χ0n) is 12.5. The van der Waals surface area contributed by atoms with Crippen molar-refractivity contribution in [2.75, 3.05) is 19.7 Å². The Labute approximate surface area is 117 Å². The molecule has 0 heterocycles. The smallest absolute Gasteiger partial charge is 0.0897 e. The van der Waals surface area contributed by atoms with Gasteiger partial charge in [0, 0.05) is 13.1 Å². The van der Waals surface area contributed by atoms with E-state index in [-0.39, 0.29) is 6.10 Å². The largest absolute Gasteiger partial charge is 0.392 e. The summed E-state index contributed by atoms with van der Waals surface area (Å²) in [6.45, 7) is 5.71. The molecule has 0 aromatic carbocycles. The van der Waals surface area contributed by atoms with Crippen LogP contribution in [-0.4, -0.2) is 48.2 Å². The van der Waals surface area contributed by atoms with Crippen LogP contribution in [0.25, 0.3) is 0 Å². The van der Waals surface area contributed by atoms with E-state index in [1.807, 2.05) is 0 Å². The number of nitrogens with one attached hydrogen (secondary N) is 1. The first-order valence-electron chi connectivity index (χ1n) is 7.82. The molecule has 4 atom stereocenters. The maximum Gasteiger partial charge on any atom is 0.0897 e. The van der Waals surface area contributed by atoms with Crippen LogP contribution in [0.2, 0.25) is 0 Å². The molecule has 114 valence electrons. The Morgan fingerprint density at radius 1 is 1.16 bits per heavy atom. The molecule has 0 aromatic rings. The van der Waals surface area contributed by atoms with Gasteiger partial charge in [-0.25, -0.2) is 0 Å². The highest BCUT2D eigenvalue weighted by Gasteiger charge is 2.22. The first-order chi connectivity index (χ1) is 9.13. The van der Waals surface area contributed by atoms with Gasteiger partial charge in [-0.05, 0) is 25.2 Å². The lowest BCUT2D eigenvalue weighted by molar-refractivity contribution is -0.0455. The van der Waals surface area contributed by atoms with Crippen molar-refractivity contribution in [2.45, 2.75) is 70.7 Å². The molecule has 0 amide bonds. The van der Waals surface area contributed by atoms with Gasteiger partial charge in [0.05, 0.1) is 24.9 Å². The van der Waals surface area contributed by atoms with Gasteiger partial charge < -0.3 is 20.3 Å². The SMILES string of the molecule is CCCC(O)CNCC(O)COC1CCCCC1C. The number of ether oxygens (including phenoxy) is 1. The highest BCUT2D eigenvalue weighted by molar-refractivity contribution is 4.73. The summed E-state index contributed by atoms with van der Waals surface area (Å²) in [5.41, 5.74) is 0. The first kappa shape index (κ1) is 16.9. The summed E-state index contributed by atoms with van der Waals surface area (Å²) < 4.78 is 5.81. The molecule has 1 fully saturated rings. The second-order valence-electron chi connectivity index (χ2n) is 5.89. The van der Waals surface area contributed by atoms with E-state index < -0.39 is 6.10 Å². The third-order valence-corrected chi connectivity index (χ3v) is 3.92. The minimum absolute atomic E-state index is 0.309. The Bertz CT molecular complexity index is 225. The quantitative estimate of drug-likeness (QED) is 0.598. The van der Waals surface area contributed by atoms with Crippen LogP contribution in [0, 0.1) is 5.92 Å². The van der Waals surface area contributed by atoms with Crippen molar-refractivity contribution in [1.29, 1.82) is 0 Å². The van der Waals surface area contributed by atoms with E-state index in [1.54, 1.807) is 0 Å². The standard InChI is InChI=1S/C15H31NO3/c1-3-6-13(17)9-16-10-14(18)11-19-15-8-5-4-7-12(15)2/h12-18H,3-11H2,1-2H3. The van der Waals surface area contributed by atoms with Crippen LogP contribution in [0.15, 0.2) is 0 Å². The monoisotopic (exact) mass is 273 g/mol. The molecule has 0 spiro atoms. The fourth-order valence-electron chi connectivity index (χ4n) is 2.68. The van der Waals surface area contributed by atoms with Crippen molar-refractivity contribution in [3.8, 4) is 0 Å². The molecule has 1 rings (SSSR count). The van der Waals surface area contributed by atoms with Gasteiger partial charge in [-0.2, -0.15) is 0 Å². The van der Waals surface area contributed by atoms with Gasteiger partial charge in [-0.3, -0.25) is 0 Å². The third-order valence-electron chi connectivity index (χ3n) is 3.92. The van der Waals surface area contributed by atoms with Gasteiger partial charge in [0.2, 0.25) is 0 Å². The summed E-state index contributed by atoms with van der Waals surface area (Å²) in [7, 11) is 0. The van der Waals surface area contributed by atoms with E-state index in [0.29, 0.717) is 31.7 Å². The molecule has 0 aromatic heterocycles. The molecule has 4 heteroatoms. The molecule has 1 aliphatic rings. The molecule has 0 saturated heterocycles. The van der Waals surface area contributed by atoms with Crippen LogP contribution >= 0.6 is 0 Å². The maximum atomic E-state index is 9.84. The second-order valence-corrected chi connectivity index (χ2v) is 5.89. The van der Waals surface area contributed by atoms with Gasteiger partial charge in [0.15, 0.2) is 0 Å². The van der Waals surface area contributed by atoms with E-state index in [1.165, 1.54) is 19.3 Å². The molecule has 0 radical (unpaired) electrons. The molecular formula is C15H31NO3.